The van der Waals surface area contributed by atoms with Gasteiger partial charge in [0.1, 0.15) is 11.4 Å². The summed E-state index contributed by atoms with van der Waals surface area (Å²) in [6.07, 6.45) is 1.64. The Kier molecular flexibility index (Phi) is 4.77. The lowest BCUT2D eigenvalue weighted by Crippen LogP contribution is -2.07. The highest BCUT2D eigenvalue weighted by Gasteiger charge is 2.13. The first kappa shape index (κ1) is 15.0. The van der Waals surface area contributed by atoms with Crippen LogP contribution in [0.4, 0.5) is 8.78 Å². The number of aromatic nitrogens is 3. The smallest absolute Gasteiger partial charge is 0.387 e. The van der Waals surface area contributed by atoms with Gasteiger partial charge >= 0.3 is 6.61 Å². The van der Waals surface area contributed by atoms with Crippen LogP contribution in [-0.2, 0) is 6.54 Å². The van der Waals surface area contributed by atoms with Crippen LogP contribution in [0.3, 0.4) is 0 Å². The van der Waals surface area contributed by atoms with Crippen LogP contribution < -0.4 is 4.74 Å². The molecule has 1 unspecified atom stereocenters. The van der Waals surface area contributed by atoms with E-state index in [1.54, 1.807) is 19.2 Å². The molecule has 0 aliphatic rings. The minimum Gasteiger partial charge on any atom is -0.434 e. The van der Waals surface area contributed by atoms with Crippen molar-refractivity contribution >= 4 is 23.2 Å². The molecule has 1 heterocycles. The number of ether oxygens (including phenoxy) is 1. The fourth-order valence-electron chi connectivity index (χ4n) is 1.63. The Morgan fingerprint density at radius 1 is 1.40 bits per heavy atom. The highest BCUT2D eigenvalue weighted by atomic mass is 35.5. The van der Waals surface area contributed by atoms with E-state index in [2.05, 4.69) is 15.0 Å². The van der Waals surface area contributed by atoms with Gasteiger partial charge in [0.15, 0.2) is 0 Å². The summed E-state index contributed by atoms with van der Waals surface area (Å²) in [6.45, 7) is -0.927. The van der Waals surface area contributed by atoms with Crippen LogP contribution in [0.1, 0.15) is 23.6 Å². The molecule has 0 spiro atoms. The lowest BCUT2D eigenvalue weighted by molar-refractivity contribution is -0.0505. The van der Waals surface area contributed by atoms with Crippen LogP contribution in [-0.4, -0.2) is 21.6 Å². The Balaban J connectivity index is 2.24. The largest absolute Gasteiger partial charge is 0.434 e. The molecule has 8 heteroatoms. The zero-order valence-electron chi connectivity index (χ0n) is 10.4. The molecule has 0 bridgehead atoms. The van der Waals surface area contributed by atoms with Crippen molar-refractivity contribution in [2.75, 3.05) is 0 Å². The normalized spacial score (nSPS) is 12.7. The third-order valence-corrected chi connectivity index (χ3v) is 2.99. The van der Waals surface area contributed by atoms with Crippen molar-refractivity contribution in [3.8, 4) is 5.75 Å². The number of hydrogen-bond acceptors (Lipinski definition) is 3. The molecule has 20 heavy (non-hydrogen) atoms. The molecule has 108 valence electrons. The van der Waals surface area contributed by atoms with Gasteiger partial charge in [0.05, 0.1) is 18.1 Å². The third-order valence-electron chi connectivity index (χ3n) is 2.53. The number of rotatable bonds is 5. The van der Waals surface area contributed by atoms with Crippen molar-refractivity contribution in [1.82, 2.24) is 15.0 Å². The summed E-state index contributed by atoms with van der Waals surface area (Å²) >= 11 is 11.7. The lowest BCUT2D eigenvalue weighted by Gasteiger charge is -2.10. The van der Waals surface area contributed by atoms with E-state index < -0.39 is 6.61 Å². The van der Waals surface area contributed by atoms with Gasteiger partial charge in [-0.3, -0.25) is 0 Å². The minimum atomic E-state index is -2.90. The Morgan fingerprint density at radius 2 is 2.15 bits per heavy atom. The van der Waals surface area contributed by atoms with E-state index in [0.29, 0.717) is 16.3 Å². The molecule has 1 atom stereocenters. The summed E-state index contributed by atoms with van der Waals surface area (Å²) in [5.41, 5.74) is 1.08. The zero-order chi connectivity index (χ0) is 14.7. The Hall–Kier alpha value is -1.40. The van der Waals surface area contributed by atoms with Crippen molar-refractivity contribution in [3.63, 3.8) is 0 Å². The summed E-state index contributed by atoms with van der Waals surface area (Å²) in [7, 11) is 0. The standard InChI is InChI=1S/C12H11Cl2F2N3O/c1-7(13)10-6-19(18-17-10)5-8-4-9(14)2-3-11(8)20-12(15)16/h2-4,6-7,12H,5H2,1H3. The fourth-order valence-corrected chi connectivity index (χ4v) is 1.92. The van der Waals surface area contributed by atoms with Crippen molar-refractivity contribution < 1.29 is 13.5 Å². The average molecular weight is 322 g/mol. The van der Waals surface area contributed by atoms with Gasteiger partial charge in [-0.25, -0.2) is 4.68 Å². The second-order valence-corrected chi connectivity index (χ2v) is 5.18. The van der Waals surface area contributed by atoms with Crippen LogP contribution in [0.2, 0.25) is 5.02 Å². The molecule has 0 saturated carbocycles. The molecule has 0 amide bonds. The Labute approximate surface area is 124 Å². The molecule has 1 aromatic heterocycles. The molecule has 0 fully saturated rings. The highest BCUT2D eigenvalue weighted by molar-refractivity contribution is 6.30. The molecular weight excluding hydrogens is 311 g/mol. The highest BCUT2D eigenvalue weighted by Crippen LogP contribution is 2.25. The predicted molar refractivity (Wildman–Crippen MR) is 71.5 cm³/mol. The second kappa shape index (κ2) is 6.37. The maximum Gasteiger partial charge on any atom is 0.387 e. The molecule has 1 aromatic carbocycles. The molecule has 0 saturated heterocycles. The number of alkyl halides is 3. The van der Waals surface area contributed by atoms with E-state index in [0.717, 1.165) is 0 Å². The second-order valence-electron chi connectivity index (χ2n) is 4.09. The van der Waals surface area contributed by atoms with E-state index in [-0.39, 0.29) is 17.7 Å². The Bertz CT molecular complexity index is 590. The van der Waals surface area contributed by atoms with Crippen molar-refractivity contribution in [1.29, 1.82) is 0 Å². The number of nitrogens with zero attached hydrogens (tertiary/aromatic N) is 3. The molecular formula is C12H11Cl2F2N3O. The molecule has 2 rings (SSSR count). The molecule has 4 nitrogen and oxygen atoms in total. The van der Waals surface area contributed by atoms with Crippen molar-refractivity contribution in [3.05, 3.63) is 40.7 Å². The van der Waals surface area contributed by atoms with Gasteiger partial charge in [-0.1, -0.05) is 16.8 Å². The summed E-state index contributed by atoms with van der Waals surface area (Å²) in [5, 5.41) is 7.91. The van der Waals surface area contributed by atoms with Crippen LogP contribution in [0, 0.1) is 0 Å². The summed E-state index contributed by atoms with van der Waals surface area (Å²) in [5.74, 6) is 0.0559. The van der Waals surface area contributed by atoms with E-state index in [9.17, 15) is 8.78 Å². The van der Waals surface area contributed by atoms with Gasteiger partial charge < -0.3 is 4.74 Å². The monoisotopic (exact) mass is 321 g/mol. The van der Waals surface area contributed by atoms with Gasteiger partial charge in [-0.2, -0.15) is 8.78 Å². The van der Waals surface area contributed by atoms with E-state index in [4.69, 9.17) is 23.2 Å². The molecule has 0 aliphatic heterocycles. The van der Waals surface area contributed by atoms with Gasteiger partial charge in [-0.05, 0) is 25.1 Å². The minimum absolute atomic E-state index is 0.0559. The van der Waals surface area contributed by atoms with Crippen molar-refractivity contribution in [2.45, 2.75) is 25.5 Å². The number of benzene rings is 1. The maximum absolute atomic E-state index is 12.3. The molecule has 0 N–H and O–H groups in total. The first-order valence-corrected chi connectivity index (χ1v) is 6.54. The topological polar surface area (TPSA) is 39.9 Å². The van der Waals surface area contributed by atoms with Gasteiger partial charge in [0, 0.05) is 10.6 Å². The maximum atomic E-state index is 12.3. The quantitative estimate of drug-likeness (QED) is 0.784. The SMILES string of the molecule is CC(Cl)c1cn(Cc2cc(Cl)ccc2OC(F)F)nn1. The van der Waals surface area contributed by atoms with Crippen LogP contribution in [0.5, 0.6) is 5.75 Å². The van der Waals surface area contributed by atoms with Crippen LogP contribution >= 0.6 is 23.2 Å². The van der Waals surface area contributed by atoms with E-state index in [1.807, 2.05) is 0 Å². The molecule has 2 aromatic rings. The van der Waals surface area contributed by atoms with E-state index in [1.165, 1.54) is 16.8 Å². The lowest BCUT2D eigenvalue weighted by atomic mass is 10.2. The summed E-state index contributed by atoms with van der Waals surface area (Å²) in [6, 6.07) is 4.42. The van der Waals surface area contributed by atoms with Gasteiger partial charge in [0.25, 0.3) is 0 Å². The zero-order valence-corrected chi connectivity index (χ0v) is 11.9. The van der Waals surface area contributed by atoms with Crippen LogP contribution in [0.25, 0.3) is 0 Å². The summed E-state index contributed by atoms with van der Waals surface area (Å²) < 4.78 is 30.6. The first-order chi connectivity index (χ1) is 9.45. The van der Waals surface area contributed by atoms with E-state index >= 15 is 0 Å². The van der Waals surface area contributed by atoms with Crippen molar-refractivity contribution in [2.24, 2.45) is 0 Å². The third kappa shape index (κ3) is 3.80. The fraction of sp³-hybridized carbons (Fsp3) is 0.333. The summed E-state index contributed by atoms with van der Waals surface area (Å²) in [4.78, 5) is 0. The van der Waals surface area contributed by atoms with Crippen LogP contribution in [0.15, 0.2) is 24.4 Å². The van der Waals surface area contributed by atoms with Gasteiger partial charge in [0.2, 0.25) is 0 Å². The number of halogens is 4. The van der Waals surface area contributed by atoms with Gasteiger partial charge in [-0.15, -0.1) is 16.7 Å². The molecule has 0 radical (unpaired) electrons. The number of hydrogen-bond donors (Lipinski definition) is 0. The average Bonchev–Trinajstić information content (AvgIpc) is 2.81. The molecule has 0 aliphatic carbocycles. The predicted octanol–water partition coefficient (Wildman–Crippen LogP) is 3.88. The Morgan fingerprint density at radius 3 is 2.75 bits per heavy atom. The first-order valence-electron chi connectivity index (χ1n) is 5.73.